The zero-order chi connectivity index (χ0) is 9.19. The van der Waals surface area contributed by atoms with Crippen LogP contribution in [0.4, 0.5) is 0 Å². The summed E-state index contributed by atoms with van der Waals surface area (Å²) < 4.78 is 10.9. The largest absolute Gasteiger partial charge is 0.392 e. The lowest BCUT2D eigenvalue weighted by Gasteiger charge is -2.15. The fraction of sp³-hybridized carbons (Fsp3) is 0.778. The lowest BCUT2D eigenvalue weighted by atomic mass is 10.2. The van der Waals surface area contributed by atoms with Gasteiger partial charge in [-0.3, -0.25) is 0 Å². The van der Waals surface area contributed by atoms with Gasteiger partial charge in [-0.25, -0.2) is 0 Å². The van der Waals surface area contributed by atoms with Crippen LogP contribution >= 0.6 is 0 Å². The van der Waals surface area contributed by atoms with Crippen molar-refractivity contribution in [2.75, 3.05) is 13.2 Å². The van der Waals surface area contributed by atoms with Crippen LogP contribution in [-0.4, -0.2) is 30.2 Å². The van der Waals surface area contributed by atoms with E-state index in [0.717, 1.165) is 5.57 Å². The number of aliphatic hydroxyl groups is 1. The van der Waals surface area contributed by atoms with Crippen LogP contribution in [0.25, 0.3) is 0 Å². The molecule has 0 aromatic heterocycles. The summed E-state index contributed by atoms with van der Waals surface area (Å²) in [6.45, 7) is 6.30. The minimum Gasteiger partial charge on any atom is -0.392 e. The lowest BCUT2D eigenvalue weighted by molar-refractivity contribution is -0.133. The molecule has 0 aliphatic carbocycles. The molecule has 0 saturated carbocycles. The van der Waals surface area contributed by atoms with Crippen molar-refractivity contribution < 1.29 is 14.6 Å². The Hall–Kier alpha value is -0.380. The van der Waals surface area contributed by atoms with Gasteiger partial charge in [-0.15, -0.1) is 0 Å². The molecule has 0 amide bonds. The average molecular weight is 172 g/mol. The average Bonchev–Trinajstić information content (AvgIpc) is 2.30. The molecule has 3 heteroatoms. The normalized spacial score (nSPS) is 29.3. The third kappa shape index (κ3) is 2.59. The zero-order valence-corrected chi connectivity index (χ0v) is 7.83. The van der Waals surface area contributed by atoms with Crippen LogP contribution < -0.4 is 0 Å². The topological polar surface area (TPSA) is 38.7 Å². The third-order valence-corrected chi connectivity index (χ3v) is 1.75. The fourth-order valence-electron chi connectivity index (χ4n) is 1.17. The number of ether oxygens (including phenoxy) is 2. The molecule has 0 aromatic carbocycles. The number of hydrogen-bond acceptors (Lipinski definition) is 3. The van der Waals surface area contributed by atoms with Gasteiger partial charge >= 0.3 is 0 Å². The van der Waals surface area contributed by atoms with Gasteiger partial charge in [-0.05, 0) is 26.3 Å². The van der Waals surface area contributed by atoms with E-state index in [0.29, 0.717) is 6.61 Å². The van der Waals surface area contributed by atoms with E-state index < -0.39 is 5.79 Å². The van der Waals surface area contributed by atoms with Crippen LogP contribution in [0.5, 0.6) is 0 Å². The lowest BCUT2D eigenvalue weighted by Crippen LogP contribution is -2.20. The van der Waals surface area contributed by atoms with Crippen LogP contribution in [0.3, 0.4) is 0 Å². The molecule has 0 radical (unpaired) electrons. The maximum absolute atomic E-state index is 8.76. The van der Waals surface area contributed by atoms with Crippen molar-refractivity contribution in [1.29, 1.82) is 0 Å². The SMILES string of the molecule is CC(=C[C@H]1COC(C)(C)O1)CO. The standard InChI is InChI=1S/C9H16O3/c1-7(5-10)4-8-6-11-9(2,3)12-8/h4,8,10H,5-6H2,1-3H3/t8-/m0/s1. The van der Waals surface area contributed by atoms with E-state index in [-0.39, 0.29) is 12.7 Å². The molecule has 1 saturated heterocycles. The summed E-state index contributed by atoms with van der Waals surface area (Å²) >= 11 is 0. The van der Waals surface area contributed by atoms with E-state index in [9.17, 15) is 0 Å². The first-order chi connectivity index (χ1) is 5.53. The number of hydrogen-bond donors (Lipinski definition) is 1. The van der Waals surface area contributed by atoms with Crippen LogP contribution in [-0.2, 0) is 9.47 Å². The Balaban J connectivity index is 2.48. The summed E-state index contributed by atoms with van der Waals surface area (Å²) in [5, 5.41) is 8.76. The Morgan fingerprint density at radius 1 is 1.67 bits per heavy atom. The van der Waals surface area contributed by atoms with Crippen LogP contribution in [0.2, 0.25) is 0 Å². The molecule has 1 N–H and O–H groups in total. The van der Waals surface area contributed by atoms with Gasteiger partial charge in [-0.2, -0.15) is 0 Å². The van der Waals surface area contributed by atoms with Gasteiger partial charge in [0.2, 0.25) is 0 Å². The van der Waals surface area contributed by atoms with E-state index in [4.69, 9.17) is 14.6 Å². The summed E-state index contributed by atoms with van der Waals surface area (Å²) in [5.74, 6) is -0.475. The van der Waals surface area contributed by atoms with Crippen LogP contribution in [0.1, 0.15) is 20.8 Å². The molecule has 1 aliphatic rings. The Morgan fingerprint density at radius 3 is 2.75 bits per heavy atom. The molecule has 1 rings (SSSR count). The summed E-state index contributed by atoms with van der Waals surface area (Å²) in [6.07, 6.45) is 1.89. The summed E-state index contributed by atoms with van der Waals surface area (Å²) in [5.41, 5.74) is 0.918. The molecule has 0 bridgehead atoms. The zero-order valence-electron chi connectivity index (χ0n) is 7.83. The molecule has 0 aromatic rings. The van der Waals surface area contributed by atoms with Crippen molar-refractivity contribution >= 4 is 0 Å². The predicted octanol–water partition coefficient (Wildman–Crippen LogP) is 1.08. The molecule has 0 unspecified atom stereocenters. The maximum atomic E-state index is 8.76. The van der Waals surface area contributed by atoms with Crippen molar-refractivity contribution in [3.63, 3.8) is 0 Å². The highest BCUT2D eigenvalue weighted by molar-refractivity contribution is 5.03. The molecular weight excluding hydrogens is 156 g/mol. The molecule has 1 atom stereocenters. The fourth-order valence-corrected chi connectivity index (χ4v) is 1.17. The summed E-state index contributed by atoms with van der Waals surface area (Å²) in [6, 6.07) is 0. The summed E-state index contributed by atoms with van der Waals surface area (Å²) in [4.78, 5) is 0. The van der Waals surface area contributed by atoms with Crippen LogP contribution in [0, 0.1) is 0 Å². The third-order valence-electron chi connectivity index (χ3n) is 1.75. The predicted molar refractivity (Wildman–Crippen MR) is 45.7 cm³/mol. The second-order valence-electron chi connectivity index (χ2n) is 3.54. The van der Waals surface area contributed by atoms with Gasteiger partial charge in [0, 0.05) is 0 Å². The second-order valence-corrected chi connectivity index (χ2v) is 3.54. The van der Waals surface area contributed by atoms with Crippen molar-refractivity contribution in [1.82, 2.24) is 0 Å². The van der Waals surface area contributed by atoms with Crippen molar-refractivity contribution in [2.45, 2.75) is 32.7 Å². The Morgan fingerprint density at radius 2 is 2.33 bits per heavy atom. The highest BCUT2D eigenvalue weighted by Crippen LogP contribution is 2.23. The Bertz CT molecular complexity index is 184. The first kappa shape index (κ1) is 9.71. The van der Waals surface area contributed by atoms with E-state index in [1.807, 2.05) is 26.8 Å². The van der Waals surface area contributed by atoms with Crippen LogP contribution in [0.15, 0.2) is 11.6 Å². The molecule has 1 heterocycles. The number of rotatable bonds is 2. The van der Waals surface area contributed by atoms with Gasteiger partial charge in [-0.1, -0.05) is 6.08 Å². The Kier molecular flexibility index (Phi) is 2.88. The van der Waals surface area contributed by atoms with E-state index in [1.165, 1.54) is 0 Å². The molecule has 3 nitrogen and oxygen atoms in total. The van der Waals surface area contributed by atoms with Gasteiger partial charge in [0.25, 0.3) is 0 Å². The highest BCUT2D eigenvalue weighted by atomic mass is 16.7. The molecule has 1 aliphatic heterocycles. The van der Waals surface area contributed by atoms with Gasteiger partial charge in [0.05, 0.1) is 13.2 Å². The first-order valence-corrected chi connectivity index (χ1v) is 4.13. The first-order valence-electron chi connectivity index (χ1n) is 4.13. The minimum absolute atomic E-state index is 0.00727. The minimum atomic E-state index is -0.475. The molecule has 12 heavy (non-hydrogen) atoms. The van der Waals surface area contributed by atoms with Gasteiger partial charge in [0.15, 0.2) is 5.79 Å². The molecule has 0 spiro atoms. The molecular formula is C9H16O3. The van der Waals surface area contributed by atoms with Crippen molar-refractivity contribution in [3.8, 4) is 0 Å². The second kappa shape index (κ2) is 3.56. The number of aliphatic hydroxyl groups excluding tert-OH is 1. The van der Waals surface area contributed by atoms with Crippen molar-refractivity contribution in [3.05, 3.63) is 11.6 Å². The van der Waals surface area contributed by atoms with Gasteiger partial charge in [0.1, 0.15) is 6.10 Å². The van der Waals surface area contributed by atoms with Crippen molar-refractivity contribution in [2.24, 2.45) is 0 Å². The van der Waals surface area contributed by atoms with E-state index in [2.05, 4.69) is 0 Å². The molecule has 1 fully saturated rings. The van der Waals surface area contributed by atoms with E-state index in [1.54, 1.807) is 0 Å². The smallest absolute Gasteiger partial charge is 0.163 e. The monoisotopic (exact) mass is 172 g/mol. The highest BCUT2D eigenvalue weighted by Gasteiger charge is 2.31. The summed E-state index contributed by atoms with van der Waals surface area (Å²) in [7, 11) is 0. The Labute approximate surface area is 73.0 Å². The quantitative estimate of drug-likeness (QED) is 0.633. The van der Waals surface area contributed by atoms with Gasteiger partial charge < -0.3 is 14.6 Å². The maximum Gasteiger partial charge on any atom is 0.163 e. The van der Waals surface area contributed by atoms with E-state index >= 15 is 0 Å². The molecule has 70 valence electrons.